The van der Waals surface area contributed by atoms with Crippen molar-refractivity contribution >= 4 is 17.6 Å². The van der Waals surface area contributed by atoms with Crippen molar-refractivity contribution in [2.75, 3.05) is 5.32 Å². The third kappa shape index (κ3) is 4.45. The van der Waals surface area contributed by atoms with Gasteiger partial charge in [-0.2, -0.15) is 5.26 Å². The summed E-state index contributed by atoms with van der Waals surface area (Å²) in [5.41, 5.74) is 0.959. The molecule has 0 aromatic heterocycles. The number of hydrogen-bond acceptors (Lipinski definition) is 4. The molecule has 1 aromatic carbocycles. The average Bonchev–Trinajstić information content (AvgIpc) is 3.00. The standard InChI is InChI=1S/C17H18N2O3/c1-12(22-16(20)10-13-5-2-3-6-13)17(21)19-15-8-4-7-14(9-15)11-18/h2,4-5,7-9,12-13H,3,6,10H2,1H3,(H,19,21)/t12-,13+/m0/s1. The van der Waals surface area contributed by atoms with Crippen molar-refractivity contribution in [1.29, 1.82) is 5.26 Å². The van der Waals surface area contributed by atoms with Gasteiger partial charge in [-0.25, -0.2) is 0 Å². The van der Waals surface area contributed by atoms with Crippen LogP contribution in [0.5, 0.6) is 0 Å². The van der Waals surface area contributed by atoms with Crippen LogP contribution in [0, 0.1) is 17.2 Å². The number of esters is 1. The summed E-state index contributed by atoms with van der Waals surface area (Å²) in [6, 6.07) is 8.57. The van der Waals surface area contributed by atoms with Gasteiger partial charge in [-0.05, 0) is 43.9 Å². The van der Waals surface area contributed by atoms with E-state index in [4.69, 9.17) is 10.00 Å². The number of rotatable bonds is 5. The number of carbonyl (C=O) groups is 2. The fourth-order valence-electron chi connectivity index (χ4n) is 2.29. The van der Waals surface area contributed by atoms with E-state index in [-0.39, 0.29) is 11.9 Å². The number of nitrogens with zero attached hydrogens (tertiary/aromatic N) is 1. The Morgan fingerprint density at radius 3 is 3.00 bits per heavy atom. The third-order valence-corrected chi connectivity index (χ3v) is 3.48. The van der Waals surface area contributed by atoms with E-state index in [1.165, 1.54) is 6.92 Å². The Morgan fingerprint density at radius 1 is 1.50 bits per heavy atom. The molecule has 2 atom stereocenters. The van der Waals surface area contributed by atoms with E-state index in [2.05, 4.69) is 11.4 Å². The monoisotopic (exact) mass is 298 g/mol. The second-order valence-corrected chi connectivity index (χ2v) is 5.28. The van der Waals surface area contributed by atoms with Crippen molar-refractivity contribution in [3.8, 4) is 6.07 Å². The number of hydrogen-bond donors (Lipinski definition) is 1. The number of benzene rings is 1. The molecule has 1 amide bonds. The third-order valence-electron chi connectivity index (χ3n) is 3.48. The van der Waals surface area contributed by atoms with Gasteiger partial charge in [-0.1, -0.05) is 18.2 Å². The first-order chi connectivity index (χ1) is 10.6. The summed E-state index contributed by atoms with van der Waals surface area (Å²) in [7, 11) is 0. The molecule has 2 rings (SSSR count). The van der Waals surface area contributed by atoms with E-state index in [1.807, 2.05) is 12.1 Å². The first kappa shape index (κ1) is 15.8. The van der Waals surface area contributed by atoms with Crippen molar-refractivity contribution in [3.05, 3.63) is 42.0 Å². The zero-order valence-corrected chi connectivity index (χ0v) is 12.4. The lowest BCUT2D eigenvalue weighted by Crippen LogP contribution is -2.30. The number of anilines is 1. The number of nitrogens with one attached hydrogen (secondary N) is 1. The van der Waals surface area contributed by atoms with Crippen LogP contribution in [0.3, 0.4) is 0 Å². The molecular weight excluding hydrogens is 280 g/mol. The molecule has 1 aromatic rings. The molecule has 5 nitrogen and oxygen atoms in total. The normalized spacial score (nSPS) is 17.5. The largest absolute Gasteiger partial charge is 0.453 e. The van der Waals surface area contributed by atoms with Gasteiger partial charge in [0.05, 0.1) is 18.1 Å². The summed E-state index contributed by atoms with van der Waals surface area (Å²) in [6.07, 6.45) is 5.44. The minimum Gasteiger partial charge on any atom is -0.453 e. The Bertz CT molecular complexity index is 631. The SMILES string of the molecule is C[C@H](OC(=O)C[C@@H]1C=CCC1)C(=O)Nc1cccc(C#N)c1. The maximum absolute atomic E-state index is 12.0. The molecule has 0 spiro atoms. The van der Waals surface area contributed by atoms with E-state index < -0.39 is 12.0 Å². The zero-order chi connectivity index (χ0) is 15.9. The molecule has 1 aliphatic carbocycles. The van der Waals surface area contributed by atoms with Gasteiger partial charge in [0, 0.05) is 5.69 Å². The van der Waals surface area contributed by atoms with Gasteiger partial charge in [-0.15, -0.1) is 0 Å². The summed E-state index contributed by atoms with van der Waals surface area (Å²) in [5.74, 6) is -0.564. The molecule has 0 saturated carbocycles. The first-order valence-corrected chi connectivity index (χ1v) is 7.25. The van der Waals surface area contributed by atoms with Crippen LogP contribution in [0.2, 0.25) is 0 Å². The summed E-state index contributed by atoms with van der Waals surface area (Å²) in [5, 5.41) is 11.5. The van der Waals surface area contributed by atoms with Crippen molar-refractivity contribution < 1.29 is 14.3 Å². The van der Waals surface area contributed by atoms with Crippen LogP contribution in [0.25, 0.3) is 0 Å². The van der Waals surface area contributed by atoms with E-state index >= 15 is 0 Å². The number of ether oxygens (including phenoxy) is 1. The summed E-state index contributed by atoms with van der Waals surface area (Å²) >= 11 is 0. The average molecular weight is 298 g/mol. The van der Waals surface area contributed by atoms with Crippen molar-refractivity contribution in [2.45, 2.75) is 32.3 Å². The predicted octanol–water partition coefficient (Wildman–Crippen LogP) is 2.78. The van der Waals surface area contributed by atoms with Crippen LogP contribution in [0.1, 0.15) is 31.7 Å². The van der Waals surface area contributed by atoms with Gasteiger partial charge >= 0.3 is 5.97 Å². The van der Waals surface area contributed by atoms with E-state index in [0.29, 0.717) is 17.7 Å². The van der Waals surface area contributed by atoms with Gasteiger partial charge in [0.25, 0.3) is 5.91 Å². The molecule has 0 fully saturated rings. The van der Waals surface area contributed by atoms with Crippen LogP contribution < -0.4 is 5.32 Å². The topological polar surface area (TPSA) is 79.2 Å². The molecule has 1 N–H and O–H groups in total. The molecule has 5 heteroatoms. The second kappa shape index (κ2) is 7.41. The van der Waals surface area contributed by atoms with E-state index in [9.17, 15) is 9.59 Å². The van der Waals surface area contributed by atoms with Crippen LogP contribution in [-0.2, 0) is 14.3 Å². The van der Waals surface area contributed by atoms with Gasteiger partial charge in [0.2, 0.25) is 0 Å². The highest BCUT2D eigenvalue weighted by Gasteiger charge is 2.21. The fourth-order valence-corrected chi connectivity index (χ4v) is 2.29. The molecule has 22 heavy (non-hydrogen) atoms. The molecule has 0 aliphatic heterocycles. The molecule has 0 saturated heterocycles. The zero-order valence-electron chi connectivity index (χ0n) is 12.4. The summed E-state index contributed by atoms with van der Waals surface area (Å²) < 4.78 is 5.15. The number of allylic oxidation sites excluding steroid dienone is 2. The Labute approximate surface area is 129 Å². The fraction of sp³-hybridized carbons (Fsp3) is 0.353. The maximum Gasteiger partial charge on any atom is 0.307 e. The van der Waals surface area contributed by atoms with Crippen molar-refractivity contribution in [1.82, 2.24) is 0 Å². The van der Waals surface area contributed by atoms with E-state index in [1.54, 1.807) is 24.3 Å². The molecule has 0 unspecified atom stereocenters. The smallest absolute Gasteiger partial charge is 0.307 e. The van der Waals surface area contributed by atoms with E-state index in [0.717, 1.165) is 12.8 Å². The lowest BCUT2D eigenvalue weighted by molar-refractivity contribution is -0.153. The quantitative estimate of drug-likeness (QED) is 0.669. The highest BCUT2D eigenvalue weighted by molar-refractivity contribution is 5.95. The van der Waals surface area contributed by atoms with Gasteiger partial charge in [0.15, 0.2) is 6.10 Å². The van der Waals surface area contributed by atoms with Gasteiger partial charge in [-0.3, -0.25) is 9.59 Å². The van der Waals surface area contributed by atoms with Crippen LogP contribution in [0.15, 0.2) is 36.4 Å². The van der Waals surface area contributed by atoms with Crippen molar-refractivity contribution in [2.24, 2.45) is 5.92 Å². The lowest BCUT2D eigenvalue weighted by atomic mass is 10.1. The Morgan fingerprint density at radius 2 is 2.32 bits per heavy atom. The Balaban J connectivity index is 1.84. The lowest BCUT2D eigenvalue weighted by Gasteiger charge is -2.15. The minimum atomic E-state index is -0.872. The second-order valence-electron chi connectivity index (χ2n) is 5.28. The van der Waals surface area contributed by atoms with Crippen molar-refractivity contribution in [3.63, 3.8) is 0 Å². The first-order valence-electron chi connectivity index (χ1n) is 7.25. The van der Waals surface area contributed by atoms with Gasteiger partial charge < -0.3 is 10.1 Å². The molecule has 0 radical (unpaired) electrons. The predicted molar refractivity (Wildman–Crippen MR) is 81.8 cm³/mol. The highest BCUT2D eigenvalue weighted by atomic mass is 16.5. The number of nitriles is 1. The maximum atomic E-state index is 12.0. The van der Waals surface area contributed by atoms with Crippen LogP contribution in [0.4, 0.5) is 5.69 Å². The molecule has 1 aliphatic rings. The number of carbonyl (C=O) groups excluding carboxylic acids is 2. The minimum absolute atomic E-state index is 0.218. The summed E-state index contributed by atoms with van der Waals surface area (Å²) in [4.78, 5) is 23.8. The Hall–Kier alpha value is -2.61. The molecule has 0 heterocycles. The highest BCUT2D eigenvalue weighted by Crippen LogP contribution is 2.21. The Kier molecular flexibility index (Phi) is 5.31. The van der Waals surface area contributed by atoms with Crippen LogP contribution in [-0.4, -0.2) is 18.0 Å². The number of amides is 1. The molecule has 0 bridgehead atoms. The summed E-state index contributed by atoms with van der Waals surface area (Å²) in [6.45, 7) is 1.53. The van der Waals surface area contributed by atoms with Crippen LogP contribution >= 0.6 is 0 Å². The molecular formula is C17H18N2O3. The van der Waals surface area contributed by atoms with Gasteiger partial charge in [0.1, 0.15) is 0 Å². The molecule has 114 valence electrons.